The van der Waals surface area contributed by atoms with E-state index < -0.39 is 0 Å². The Balaban J connectivity index is 2.10. The highest BCUT2D eigenvalue weighted by molar-refractivity contribution is 9.10. The zero-order valence-electron chi connectivity index (χ0n) is 9.81. The molecule has 0 aliphatic rings. The second-order valence-electron chi connectivity index (χ2n) is 4.06. The van der Waals surface area contributed by atoms with Crippen molar-refractivity contribution in [3.63, 3.8) is 0 Å². The van der Waals surface area contributed by atoms with E-state index in [2.05, 4.69) is 49.3 Å². The third kappa shape index (κ3) is 3.50. The first-order valence-electron chi connectivity index (χ1n) is 5.50. The molecule has 94 valence electrons. The Morgan fingerprint density at radius 2 is 1.78 bits per heavy atom. The van der Waals surface area contributed by atoms with Crippen molar-refractivity contribution in [2.45, 2.75) is 13.5 Å². The van der Waals surface area contributed by atoms with Crippen molar-refractivity contribution in [1.82, 2.24) is 0 Å². The summed E-state index contributed by atoms with van der Waals surface area (Å²) in [5.41, 5.74) is 3.30. The van der Waals surface area contributed by atoms with Crippen LogP contribution in [0.1, 0.15) is 11.1 Å². The summed E-state index contributed by atoms with van der Waals surface area (Å²) in [6.45, 7) is 2.76. The average Bonchev–Trinajstić information content (AvgIpc) is 2.34. The highest BCUT2D eigenvalue weighted by atomic mass is 79.9. The van der Waals surface area contributed by atoms with Crippen LogP contribution in [0.15, 0.2) is 45.3 Å². The van der Waals surface area contributed by atoms with Crippen molar-refractivity contribution in [1.29, 1.82) is 0 Å². The van der Waals surface area contributed by atoms with Gasteiger partial charge >= 0.3 is 0 Å². The molecule has 0 heterocycles. The second kappa shape index (κ2) is 6.09. The van der Waals surface area contributed by atoms with E-state index in [4.69, 9.17) is 11.6 Å². The molecule has 0 radical (unpaired) electrons. The largest absolute Gasteiger partial charge is 0.380 e. The molecule has 0 saturated carbocycles. The summed E-state index contributed by atoms with van der Waals surface area (Å²) < 4.78 is 2.12. The van der Waals surface area contributed by atoms with Gasteiger partial charge in [-0.15, -0.1) is 0 Å². The topological polar surface area (TPSA) is 12.0 Å². The SMILES string of the molecule is Cc1cc(Br)c(NCc2ccc(Br)cc2)cc1Cl. The lowest BCUT2D eigenvalue weighted by Crippen LogP contribution is -2.00. The Labute approximate surface area is 129 Å². The molecular weight excluding hydrogens is 377 g/mol. The second-order valence-corrected chi connectivity index (χ2v) is 6.24. The summed E-state index contributed by atoms with van der Waals surface area (Å²) in [5.74, 6) is 0. The highest BCUT2D eigenvalue weighted by Gasteiger charge is 2.04. The minimum Gasteiger partial charge on any atom is -0.380 e. The number of aryl methyl sites for hydroxylation is 1. The number of benzene rings is 2. The van der Waals surface area contributed by atoms with Crippen LogP contribution >= 0.6 is 43.5 Å². The minimum absolute atomic E-state index is 0.769. The molecule has 0 aliphatic heterocycles. The van der Waals surface area contributed by atoms with Gasteiger partial charge in [0.15, 0.2) is 0 Å². The van der Waals surface area contributed by atoms with Crippen molar-refractivity contribution in [2.75, 3.05) is 5.32 Å². The minimum atomic E-state index is 0.769. The van der Waals surface area contributed by atoms with Crippen molar-refractivity contribution in [3.05, 3.63) is 61.5 Å². The Morgan fingerprint density at radius 3 is 2.44 bits per heavy atom. The number of nitrogens with one attached hydrogen (secondary N) is 1. The summed E-state index contributed by atoms with van der Waals surface area (Å²) in [6.07, 6.45) is 0. The fraction of sp³-hybridized carbons (Fsp3) is 0.143. The first kappa shape index (κ1) is 13.9. The van der Waals surface area contributed by atoms with Gasteiger partial charge in [-0.3, -0.25) is 0 Å². The fourth-order valence-corrected chi connectivity index (χ4v) is 2.61. The van der Waals surface area contributed by atoms with E-state index in [-0.39, 0.29) is 0 Å². The molecule has 0 atom stereocenters. The van der Waals surface area contributed by atoms with E-state index in [1.165, 1.54) is 5.56 Å². The summed E-state index contributed by atoms with van der Waals surface area (Å²) in [4.78, 5) is 0. The van der Waals surface area contributed by atoms with Crippen LogP contribution in [0.25, 0.3) is 0 Å². The van der Waals surface area contributed by atoms with Crippen LogP contribution in [0.2, 0.25) is 5.02 Å². The third-order valence-corrected chi connectivity index (χ3v) is 4.24. The van der Waals surface area contributed by atoms with Crippen molar-refractivity contribution in [3.8, 4) is 0 Å². The van der Waals surface area contributed by atoms with Gasteiger partial charge in [-0.1, -0.05) is 39.7 Å². The molecule has 1 N–H and O–H groups in total. The Bertz CT molecular complexity index is 552. The maximum atomic E-state index is 6.12. The van der Waals surface area contributed by atoms with Gasteiger partial charge in [0.05, 0.1) is 5.69 Å². The molecule has 2 rings (SSSR count). The van der Waals surface area contributed by atoms with E-state index in [1.54, 1.807) is 0 Å². The van der Waals surface area contributed by atoms with Gasteiger partial charge < -0.3 is 5.32 Å². The lowest BCUT2D eigenvalue weighted by molar-refractivity contribution is 1.14. The van der Waals surface area contributed by atoms with Crippen LogP contribution < -0.4 is 5.32 Å². The van der Waals surface area contributed by atoms with Gasteiger partial charge in [0.2, 0.25) is 0 Å². The van der Waals surface area contributed by atoms with Gasteiger partial charge in [0.25, 0.3) is 0 Å². The zero-order chi connectivity index (χ0) is 13.1. The van der Waals surface area contributed by atoms with E-state index in [0.29, 0.717) is 0 Å². The molecule has 1 nitrogen and oxygen atoms in total. The fourth-order valence-electron chi connectivity index (χ4n) is 1.58. The smallest absolute Gasteiger partial charge is 0.0502 e. The van der Waals surface area contributed by atoms with Gasteiger partial charge in [-0.25, -0.2) is 0 Å². The van der Waals surface area contributed by atoms with Crippen LogP contribution in [-0.2, 0) is 6.54 Å². The molecule has 0 saturated heterocycles. The predicted octanol–water partition coefficient (Wildman–Crippen LogP) is 5.79. The molecule has 0 bridgehead atoms. The van der Waals surface area contributed by atoms with Gasteiger partial charge in [0, 0.05) is 20.5 Å². The zero-order valence-corrected chi connectivity index (χ0v) is 13.7. The molecule has 0 aliphatic carbocycles. The molecule has 0 fully saturated rings. The number of hydrogen-bond acceptors (Lipinski definition) is 1. The first-order valence-corrected chi connectivity index (χ1v) is 7.46. The van der Waals surface area contributed by atoms with Gasteiger partial charge in [-0.05, 0) is 58.2 Å². The number of halogens is 3. The lowest BCUT2D eigenvalue weighted by atomic mass is 10.2. The maximum Gasteiger partial charge on any atom is 0.0502 e. The molecule has 18 heavy (non-hydrogen) atoms. The molecule has 4 heteroatoms. The van der Waals surface area contributed by atoms with Crippen LogP contribution in [-0.4, -0.2) is 0 Å². The van der Waals surface area contributed by atoms with E-state index in [0.717, 1.165) is 31.8 Å². The number of anilines is 1. The van der Waals surface area contributed by atoms with E-state index in [1.807, 2.05) is 31.2 Å². The van der Waals surface area contributed by atoms with Crippen molar-refractivity contribution in [2.24, 2.45) is 0 Å². The summed E-state index contributed by atoms with van der Waals surface area (Å²) >= 11 is 13.1. The summed E-state index contributed by atoms with van der Waals surface area (Å²) in [5, 5.41) is 4.14. The van der Waals surface area contributed by atoms with E-state index >= 15 is 0 Å². The normalized spacial score (nSPS) is 10.4. The Kier molecular flexibility index (Phi) is 4.71. The van der Waals surface area contributed by atoms with Gasteiger partial charge in [-0.2, -0.15) is 0 Å². The quantitative estimate of drug-likeness (QED) is 0.701. The monoisotopic (exact) mass is 387 g/mol. The maximum absolute atomic E-state index is 6.12. The highest BCUT2D eigenvalue weighted by Crippen LogP contribution is 2.29. The first-order chi connectivity index (χ1) is 8.56. The van der Waals surface area contributed by atoms with Crippen LogP contribution in [0.4, 0.5) is 5.69 Å². The number of rotatable bonds is 3. The molecule has 0 amide bonds. The molecule has 0 aromatic heterocycles. The van der Waals surface area contributed by atoms with Crippen LogP contribution in [0.3, 0.4) is 0 Å². The molecule has 0 spiro atoms. The average molecular weight is 390 g/mol. The molecule has 2 aromatic rings. The van der Waals surface area contributed by atoms with Crippen molar-refractivity contribution < 1.29 is 0 Å². The Morgan fingerprint density at radius 1 is 1.11 bits per heavy atom. The summed E-state index contributed by atoms with van der Waals surface area (Å²) in [6, 6.07) is 12.2. The Hall–Kier alpha value is -0.510. The van der Waals surface area contributed by atoms with Crippen molar-refractivity contribution >= 4 is 49.1 Å². The molecule has 2 aromatic carbocycles. The third-order valence-electron chi connectivity index (χ3n) is 2.64. The van der Waals surface area contributed by atoms with Crippen LogP contribution in [0, 0.1) is 6.92 Å². The molecular formula is C14H12Br2ClN. The summed E-state index contributed by atoms with van der Waals surface area (Å²) in [7, 11) is 0. The molecule has 0 unspecified atom stereocenters. The van der Waals surface area contributed by atoms with Gasteiger partial charge in [0.1, 0.15) is 0 Å². The predicted molar refractivity (Wildman–Crippen MR) is 85.4 cm³/mol. The lowest BCUT2D eigenvalue weighted by Gasteiger charge is -2.10. The van der Waals surface area contributed by atoms with E-state index in [9.17, 15) is 0 Å². The number of hydrogen-bond donors (Lipinski definition) is 1. The van der Waals surface area contributed by atoms with Crippen LogP contribution in [0.5, 0.6) is 0 Å². The standard InChI is InChI=1S/C14H12Br2ClN/c1-9-6-12(16)14(7-13(9)17)18-8-10-2-4-11(15)5-3-10/h2-7,18H,8H2,1H3.